The molecule has 20 heavy (non-hydrogen) atoms. The minimum atomic E-state index is -0.950. The van der Waals surface area contributed by atoms with Crippen LogP contribution in [0.4, 0.5) is 0 Å². The van der Waals surface area contributed by atoms with Gasteiger partial charge in [0.05, 0.1) is 7.11 Å². The third-order valence-corrected chi connectivity index (χ3v) is 3.55. The second-order valence-corrected chi connectivity index (χ2v) is 5.08. The Balaban J connectivity index is 2.13. The molecule has 1 aromatic carbocycles. The van der Waals surface area contributed by atoms with Crippen LogP contribution in [-0.2, 0) is 11.3 Å². The maximum absolute atomic E-state index is 10.6. The van der Waals surface area contributed by atoms with Crippen LogP contribution in [0.2, 0.25) is 0 Å². The van der Waals surface area contributed by atoms with Gasteiger partial charge in [-0.3, -0.25) is 4.90 Å². The van der Waals surface area contributed by atoms with Crippen LogP contribution >= 0.6 is 0 Å². The highest BCUT2D eigenvalue weighted by atomic mass is 16.5. The molecular weight excluding hydrogens is 254 g/mol. The second kappa shape index (κ2) is 7.10. The molecule has 0 atom stereocenters. The molecule has 0 saturated carbocycles. The Bertz CT molecular complexity index is 490. The van der Waals surface area contributed by atoms with Crippen molar-refractivity contribution in [3.8, 4) is 5.75 Å². The third-order valence-electron chi connectivity index (χ3n) is 3.55. The standard InChI is InChI=1S/C16H21NO3/c1-20-15-7-5-13(11-14(15)6-8-16(18)19)12-17-9-3-2-4-10-17/h5-8,11H,2-4,9-10,12H2,1H3,(H,18,19). The van der Waals surface area contributed by atoms with E-state index in [1.165, 1.54) is 24.8 Å². The Kier molecular flexibility index (Phi) is 5.18. The Hall–Kier alpha value is -1.81. The predicted molar refractivity (Wildman–Crippen MR) is 78.8 cm³/mol. The fourth-order valence-corrected chi connectivity index (χ4v) is 2.55. The Morgan fingerprint density at radius 1 is 1.35 bits per heavy atom. The van der Waals surface area contributed by atoms with E-state index in [1.54, 1.807) is 13.2 Å². The predicted octanol–water partition coefficient (Wildman–Crippen LogP) is 2.78. The van der Waals surface area contributed by atoms with Gasteiger partial charge in [-0.05, 0) is 49.7 Å². The number of likely N-dealkylation sites (tertiary alicyclic amines) is 1. The monoisotopic (exact) mass is 275 g/mol. The summed E-state index contributed by atoms with van der Waals surface area (Å²) in [5.74, 6) is -0.251. The van der Waals surface area contributed by atoms with Gasteiger partial charge in [-0.2, -0.15) is 0 Å². The largest absolute Gasteiger partial charge is 0.496 e. The number of carboxylic acid groups (broad SMARTS) is 1. The van der Waals surface area contributed by atoms with Crippen molar-refractivity contribution in [1.29, 1.82) is 0 Å². The van der Waals surface area contributed by atoms with Gasteiger partial charge in [0.2, 0.25) is 0 Å². The van der Waals surface area contributed by atoms with Gasteiger partial charge >= 0.3 is 5.97 Å². The van der Waals surface area contributed by atoms with Gasteiger partial charge in [0, 0.05) is 18.2 Å². The summed E-state index contributed by atoms with van der Waals surface area (Å²) in [5.41, 5.74) is 2.00. The van der Waals surface area contributed by atoms with Crippen molar-refractivity contribution in [1.82, 2.24) is 4.90 Å². The van der Waals surface area contributed by atoms with Crippen LogP contribution in [-0.4, -0.2) is 36.2 Å². The van der Waals surface area contributed by atoms with E-state index in [0.29, 0.717) is 5.75 Å². The summed E-state index contributed by atoms with van der Waals surface area (Å²) >= 11 is 0. The zero-order valence-corrected chi connectivity index (χ0v) is 11.8. The number of piperidine rings is 1. The van der Waals surface area contributed by atoms with Crippen molar-refractivity contribution in [2.45, 2.75) is 25.8 Å². The first-order valence-electron chi connectivity index (χ1n) is 6.99. The maximum atomic E-state index is 10.6. The molecule has 0 aromatic heterocycles. The average Bonchev–Trinajstić information content (AvgIpc) is 2.46. The van der Waals surface area contributed by atoms with E-state index in [0.717, 1.165) is 31.3 Å². The summed E-state index contributed by atoms with van der Waals surface area (Å²) in [6, 6.07) is 5.96. The summed E-state index contributed by atoms with van der Waals surface area (Å²) in [7, 11) is 1.59. The lowest BCUT2D eigenvalue weighted by molar-refractivity contribution is -0.131. The molecule has 0 amide bonds. The molecule has 1 aliphatic rings. The van der Waals surface area contributed by atoms with Crippen molar-refractivity contribution in [2.24, 2.45) is 0 Å². The maximum Gasteiger partial charge on any atom is 0.328 e. The minimum absolute atomic E-state index is 0.699. The SMILES string of the molecule is COc1ccc(CN2CCCCC2)cc1C=CC(=O)O. The van der Waals surface area contributed by atoms with E-state index in [9.17, 15) is 4.79 Å². The lowest BCUT2D eigenvalue weighted by atomic mass is 10.1. The molecule has 2 rings (SSSR count). The highest BCUT2D eigenvalue weighted by molar-refractivity contribution is 5.85. The van der Waals surface area contributed by atoms with Crippen molar-refractivity contribution in [3.05, 3.63) is 35.4 Å². The van der Waals surface area contributed by atoms with Crippen LogP contribution in [0.1, 0.15) is 30.4 Å². The second-order valence-electron chi connectivity index (χ2n) is 5.08. The number of hydrogen-bond donors (Lipinski definition) is 1. The van der Waals surface area contributed by atoms with Crippen LogP contribution in [0.25, 0.3) is 6.08 Å². The first-order valence-corrected chi connectivity index (χ1v) is 6.99. The number of ether oxygens (including phenoxy) is 1. The summed E-state index contributed by atoms with van der Waals surface area (Å²) < 4.78 is 5.26. The van der Waals surface area contributed by atoms with Gasteiger partial charge in [0.1, 0.15) is 5.75 Å². The lowest BCUT2D eigenvalue weighted by Gasteiger charge is -2.26. The molecular formula is C16H21NO3. The molecule has 0 radical (unpaired) electrons. The lowest BCUT2D eigenvalue weighted by Crippen LogP contribution is -2.29. The number of carbonyl (C=O) groups is 1. The number of nitrogens with zero attached hydrogens (tertiary/aromatic N) is 1. The normalized spacial score (nSPS) is 16.4. The first kappa shape index (κ1) is 14.6. The number of benzene rings is 1. The number of methoxy groups -OCH3 is 1. The van der Waals surface area contributed by atoms with Crippen LogP contribution < -0.4 is 4.74 Å². The smallest absolute Gasteiger partial charge is 0.328 e. The van der Waals surface area contributed by atoms with E-state index in [1.807, 2.05) is 18.2 Å². The molecule has 4 nitrogen and oxygen atoms in total. The summed E-state index contributed by atoms with van der Waals surface area (Å²) in [6.45, 7) is 3.20. The topological polar surface area (TPSA) is 49.8 Å². The van der Waals surface area contributed by atoms with Crippen molar-refractivity contribution < 1.29 is 14.6 Å². The molecule has 0 spiro atoms. The van der Waals surface area contributed by atoms with Crippen molar-refractivity contribution in [2.75, 3.05) is 20.2 Å². The van der Waals surface area contributed by atoms with Crippen LogP contribution in [0.3, 0.4) is 0 Å². The Morgan fingerprint density at radius 3 is 2.75 bits per heavy atom. The number of aliphatic carboxylic acids is 1. The van der Waals surface area contributed by atoms with Crippen LogP contribution in [0.5, 0.6) is 5.75 Å². The number of rotatable bonds is 5. The zero-order valence-electron chi connectivity index (χ0n) is 11.8. The van der Waals surface area contributed by atoms with Crippen LogP contribution in [0, 0.1) is 0 Å². The highest BCUT2D eigenvalue weighted by Gasteiger charge is 2.11. The molecule has 1 aliphatic heterocycles. The molecule has 1 aromatic rings. The molecule has 0 bridgehead atoms. The van der Waals surface area contributed by atoms with Gasteiger partial charge in [-0.15, -0.1) is 0 Å². The molecule has 1 saturated heterocycles. The van der Waals surface area contributed by atoms with Gasteiger partial charge in [-0.25, -0.2) is 4.79 Å². The molecule has 4 heteroatoms. The molecule has 0 aliphatic carbocycles. The van der Waals surface area contributed by atoms with E-state index in [4.69, 9.17) is 9.84 Å². The summed E-state index contributed by atoms with van der Waals surface area (Å²) in [5, 5.41) is 8.73. The third kappa shape index (κ3) is 4.10. The number of hydrogen-bond acceptors (Lipinski definition) is 3. The quantitative estimate of drug-likeness (QED) is 0.839. The molecule has 1 N–H and O–H groups in total. The Labute approximate surface area is 119 Å². The molecule has 108 valence electrons. The molecule has 0 unspecified atom stereocenters. The fraction of sp³-hybridized carbons (Fsp3) is 0.438. The van der Waals surface area contributed by atoms with E-state index < -0.39 is 5.97 Å². The van der Waals surface area contributed by atoms with E-state index in [-0.39, 0.29) is 0 Å². The zero-order chi connectivity index (χ0) is 14.4. The molecule has 1 heterocycles. The van der Waals surface area contributed by atoms with E-state index in [2.05, 4.69) is 4.90 Å². The summed E-state index contributed by atoms with van der Waals surface area (Å²) in [4.78, 5) is 13.1. The number of carboxylic acids is 1. The summed E-state index contributed by atoms with van der Waals surface area (Å²) in [6.07, 6.45) is 6.58. The molecule has 1 fully saturated rings. The van der Waals surface area contributed by atoms with Crippen molar-refractivity contribution in [3.63, 3.8) is 0 Å². The van der Waals surface area contributed by atoms with Gasteiger partial charge < -0.3 is 9.84 Å². The van der Waals surface area contributed by atoms with Gasteiger partial charge in [-0.1, -0.05) is 12.5 Å². The van der Waals surface area contributed by atoms with Crippen molar-refractivity contribution >= 4 is 12.0 Å². The van der Waals surface area contributed by atoms with E-state index >= 15 is 0 Å². The average molecular weight is 275 g/mol. The minimum Gasteiger partial charge on any atom is -0.496 e. The fourth-order valence-electron chi connectivity index (χ4n) is 2.55. The first-order chi connectivity index (χ1) is 9.69. The van der Waals surface area contributed by atoms with Gasteiger partial charge in [0.25, 0.3) is 0 Å². The van der Waals surface area contributed by atoms with Crippen LogP contribution in [0.15, 0.2) is 24.3 Å². The van der Waals surface area contributed by atoms with Gasteiger partial charge in [0.15, 0.2) is 0 Å². The Morgan fingerprint density at radius 2 is 2.10 bits per heavy atom. The highest BCUT2D eigenvalue weighted by Crippen LogP contribution is 2.23.